The Kier molecular flexibility index (Phi) is 2.93. The fourth-order valence-electron chi connectivity index (χ4n) is 2.11. The number of benzene rings is 1. The van der Waals surface area contributed by atoms with Crippen molar-refractivity contribution in [3.63, 3.8) is 0 Å². The fraction of sp³-hybridized carbons (Fsp3) is 0.500. The number of hydrogen-bond donors (Lipinski definition) is 3. The lowest BCUT2D eigenvalue weighted by atomic mass is 10.0. The van der Waals surface area contributed by atoms with E-state index in [1.54, 1.807) is 0 Å². The Morgan fingerprint density at radius 2 is 1.72 bits per heavy atom. The van der Waals surface area contributed by atoms with Crippen LogP contribution < -0.4 is 5.32 Å². The molecule has 0 radical (unpaired) electrons. The van der Waals surface area contributed by atoms with E-state index >= 15 is 0 Å². The van der Waals surface area contributed by atoms with Crippen molar-refractivity contribution in [1.82, 2.24) is 5.32 Å². The third-order valence-electron chi connectivity index (χ3n) is 3.28. The Bertz CT molecular complexity index is 435. The van der Waals surface area contributed by atoms with E-state index in [1.807, 2.05) is 0 Å². The van der Waals surface area contributed by atoms with Crippen LogP contribution in [0.1, 0.15) is 31.4 Å². The third kappa shape index (κ3) is 2.12. The van der Waals surface area contributed by atoms with Crippen LogP contribution in [0.3, 0.4) is 0 Å². The number of aromatic hydroxyl groups is 2. The number of hydrogen-bond acceptors (Lipinski definition) is 3. The second kappa shape index (κ2) is 4.05. The van der Waals surface area contributed by atoms with Crippen molar-refractivity contribution >= 4 is 0 Å². The van der Waals surface area contributed by atoms with Crippen molar-refractivity contribution in [2.45, 2.75) is 37.5 Å². The summed E-state index contributed by atoms with van der Waals surface area (Å²) in [6.07, 6.45) is -4.27. The summed E-state index contributed by atoms with van der Waals surface area (Å²) in [5.41, 5.74) is -1.78. The highest BCUT2D eigenvalue weighted by atomic mass is 19.4. The first kappa shape index (κ1) is 13.0. The van der Waals surface area contributed by atoms with Gasteiger partial charge in [0.15, 0.2) is 0 Å². The highest BCUT2D eigenvalue weighted by molar-refractivity contribution is 5.45. The van der Waals surface area contributed by atoms with Crippen molar-refractivity contribution in [2.24, 2.45) is 0 Å². The lowest BCUT2D eigenvalue weighted by Crippen LogP contribution is -2.45. The smallest absolute Gasteiger partial charge is 0.406 e. The Labute approximate surface area is 102 Å². The molecule has 18 heavy (non-hydrogen) atoms. The maximum Gasteiger partial charge on any atom is 0.406 e. The van der Waals surface area contributed by atoms with Gasteiger partial charge >= 0.3 is 6.18 Å². The zero-order valence-electron chi connectivity index (χ0n) is 9.75. The first-order chi connectivity index (χ1) is 8.27. The van der Waals surface area contributed by atoms with Gasteiger partial charge in [-0.2, -0.15) is 13.2 Å². The van der Waals surface area contributed by atoms with Gasteiger partial charge in [0.2, 0.25) is 0 Å². The summed E-state index contributed by atoms with van der Waals surface area (Å²) in [6, 6.07) is 3.31. The second-order valence-corrected chi connectivity index (χ2v) is 4.66. The van der Waals surface area contributed by atoms with E-state index in [0.717, 1.165) is 0 Å². The zero-order valence-corrected chi connectivity index (χ0v) is 9.75. The third-order valence-corrected chi connectivity index (χ3v) is 3.28. The van der Waals surface area contributed by atoms with Crippen LogP contribution >= 0.6 is 0 Å². The SMILES string of the molecule is CC(NC1(C(F)(F)F)CC1)c1c(O)cccc1O. The van der Waals surface area contributed by atoms with Crippen LogP contribution in [0.4, 0.5) is 13.2 Å². The minimum atomic E-state index is -4.32. The molecule has 3 nitrogen and oxygen atoms in total. The zero-order chi connectivity index (χ0) is 13.6. The van der Waals surface area contributed by atoms with Gasteiger partial charge < -0.3 is 10.2 Å². The van der Waals surface area contributed by atoms with Crippen molar-refractivity contribution < 1.29 is 23.4 Å². The van der Waals surface area contributed by atoms with Crippen LogP contribution in [-0.2, 0) is 0 Å². The number of halogens is 3. The van der Waals surface area contributed by atoms with E-state index in [1.165, 1.54) is 25.1 Å². The maximum atomic E-state index is 12.8. The number of alkyl halides is 3. The van der Waals surface area contributed by atoms with Gasteiger partial charge in [-0.3, -0.25) is 5.32 Å². The van der Waals surface area contributed by atoms with Gasteiger partial charge in [0, 0.05) is 6.04 Å². The monoisotopic (exact) mass is 261 g/mol. The molecule has 1 atom stereocenters. The van der Waals surface area contributed by atoms with E-state index in [2.05, 4.69) is 5.32 Å². The van der Waals surface area contributed by atoms with Crippen LogP contribution in [0.5, 0.6) is 11.5 Å². The molecule has 6 heteroatoms. The molecule has 0 heterocycles. The summed E-state index contributed by atoms with van der Waals surface area (Å²) in [5.74, 6) is -0.430. The Balaban J connectivity index is 2.21. The molecule has 0 aliphatic heterocycles. The van der Waals surface area contributed by atoms with E-state index < -0.39 is 17.8 Å². The van der Waals surface area contributed by atoms with E-state index in [9.17, 15) is 23.4 Å². The molecular formula is C12H14F3NO2. The molecule has 1 fully saturated rings. The molecule has 2 rings (SSSR count). The van der Waals surface area contributed by atoms with Crippen molar-refractivity contribution in [2.75, 3.05) is 0 Å². The minimum absolute atomic E-state index is 0.0230. The first-order valence-corrected chi connectivity index (χ1v) is 5.62. The van der Waals surface area contributed by atoms with Gasteiger partial charge in [-0.15, -0.1) is 0 Å². The average molecular weight is 261 g/mol. The minimum Gasteiger partial charge on any atom is -0.507 e. The Morgan fingerprint density at radius 1 is 1.22 bits per heavy atom. The summed E-state index contributed by atoms with van der Waals surface area (Å²) in [7, 11) is 0. The summed E-state index contributed by atoms with van der Waals surface area (Å²) in [4.78, 5) is 0. The standard InChI is InChI=1S/C12H14F3NO2/c1-7(10-8(17)3-2-4-9(10)18)16-11(5-6-11)12(13,14)15/h2-4,7,16-18H,5-6H2,1H3. The number of rotatable bonds is 3. The van der Waals surface area contributed by atoms with E-state index in [0.29, 0.717) is 0 Å². The van der Waals surface area contributed by atoms with Gasteiger partial charge in [-0.25, -0.2) is 0 Å². The Morgan fingerprint density at radius 3 is 2.11 bits per heavy atom. The van der Waals surface area contributed by atoms with Gasteiger partial charge in [0.25, 0.3) is 0 Å². The van der Waals surface area contributed by atoms with Crippen LogP contribution in [0, 0.1) is 0 Å². The molecular weight excluding hydrogens is 247 g/mol. The lowest BCUT2D eigenvalue weighted by Gasteiger charge is -2.26. The molecule has 1 aliphatic rings. The summed E-state index contributed by atoms with van der Waals surface area (Å²) >= 11 is 0. The van der Waals surface area contributed by atoms with Crippen molar-refractivity contribution in [3.05, 3.63) is 23.8 Å². The first-order valence-electron chi connectivity index (χ1n) is 5.62. The van der Waals surface area contributed by atoms with Gasteiger partial charge in [-0.05, 0) is 31.9 Å². The number of phenols is 2. The van der Waals surface area contributed by atoms with Crippen molar-refractivity contribution in [1.29, 1.82) is 0 Å². The normalized spacial score (nSPS) is 19.6. The van der Waals surface area contributed by atoms with E-state index in [-0.39, 0.29) is 29.9 Å². The summed E-state index contributed by atoms with van der Waals surface area (Å²) in [6.45, 7) is 1.49. The molecule has 100 valence electrons. The highest BCUT2D eigenvalue weighted by Gasteiger charge is 2.63. The summed E-state index contributed by atoms with van der Waals surface area (Å²) < 4.78 is 38.4. The average Bonchev–Trinajstić information content (AvgIpc) is 2.97. The molecule has 0 amide bonds. The van der Waals surface area contributed by atoms with E-state index in [4.69, 9.17) is 0 Å². The Hall–Kier alpha value is -1.43. The van der Waals surface area contributed by atoms with Crippen LogP contribution in [0.25, 0.3) is 0 Å². The fourth-order valence-corrected chi connectivity index (χ4v) is 2.11. The molecule has 0 saturated heterocycles. The maximum absolute atomic E-state index is 12.8. The largest absolute Gasteiger partial charge is 0.507 e. The molecule has 3 N–H and O–H groups in total. The van der Waals surface area contributed by atoms with Crippen molar-refractivity contribution in [3.8, 4) is 11.5 Å². The van der Waals surface area contributed by atoms with Crippen LogP contribution in [0.15, 0.2) is 18.2 Å². The van der Waals surface area contributed by atoms with Gasteiger partial charge in [0.1, 0.15) is 17.0 Å². The molecule has 1 saturated carbocycles. The predicted molar refractivity (Wildman–Crippen MR) is 59.3 cm³/mol. The molecule has 0 aromatic heterocycles. The van der Waals surface area contributed by atoms with Crippen LogP contribution in [-0.4, -0.2) is 21.9 Å². The molecule has 1 aromatic carbocycles. The number of phenolic OH excluding ortho intramolecular Hbond substituents is 2. The number of nitrogens with one attached hydrogen (secondary N) is 1. The molecule has 0 spiro atoms. The van der Waals surface area contributed by atoms with Crippen LogP contribution in [0.2, 0.25) is 0 Å². The topological polar surface area (TPSA) is 52.5 Å². The van der Waals surface area contributed by atoms with Gasteiger partial charge in [-0.1, -0.05) is 6.07 Å². The molecule has 1 aliphatic carbocycles. The highest BCUT2D eigenvalue weighted by Crippen LogP contribution is 2.50. The molecule has 0 bridgehead atoms. The molecule has 1 unspecified atom stereocenters. The quantitative estimate of drug-likeness (QED) is 0.784. The van der Waals surface area contributed by atoms with Gasteiger partial charge in [0.05, 0.1) is 5.56 Å². The predicted octanol–water partition coefficient (Wildman–Crippen LogP) is 2.84. The molecule has 1 aromatic rings. The summed E-state index contributed by atoms with van der Waals surface area (Å²) in [5, 5.41) is 21.7. The second-order valence-electron chi connectivity index (χ2n) is 4.66. The lowest BCUT2D eigenvalue weighted by molar-refractivity contribution is -0.167.